The van der Waals surface area contributed by atoms with Gasteiger partial charge in [-0.25, -0.2) is 0 Å². The largest absolute Gasteiger partial charge is 0.481 e. The zero-order valence-corrected chi connectivity index (χ0v) is 11.3. The summed E-state index contributed by atoms with van der Waals surface area (Å²) in [7, 11) is 0. The molecule has 0 fully saturated rings. The minimum atomic E-state index is -1.04. The Balaban J connectivity index is 4.87. The van der Waals surface area contributed by atoms with E-state index >= 15 is 0 Å². The number of carbonyl (C=O) groups excluding carboxylic acids is 2. The van der Waals surface area contributed by atoms with Crippen LogP contribution in [0.4, 0.5) is 0 Å². The van der Waals surface area contributed by atoms with Gasteiger partial charge in [0.2, 0.25) is 5.91 Å². The summed E-state index contributed by atoms with van der Waals surface area (Å²) in [6.45, 7) is 6.69. The summed E-state index contributed by atoms with van der Waals surface area (Å²) in [5, 5.41) is 11.3. The zero-order valence-electron chi connectivity index (χ0n) is 11.3. The van der Waals surface area contributed by atoms with Gasteiger partial charge in [0.1, 0.15) is 0 Å². The van der Waals surface area contributed by atoms with Crippen molar-refractivity contribution in [3.8, 4) is 0 Å². The molecule has 0 radical (unpaired) electrons. The van der Waals surface area contributed by atoms with Gasteiger partial charge in [0, 0.05) is 6.54 Å². The monoisotopic (exact) mass is 258 g/mol. The van der Waals surface area contributed by atoms with E-state index in [1.54, 1.807) is 20.8 Å². The van der Waals surface area contributed by atoms with Crippen LogP contribution in [0.15, 0.2) is 0 Å². The number of carbonyl (C=O) groups is 3. The first kappa shape index (κ1) is 16.6. The summed E-state index contributed by atoms with van der Waals surface area (Å²) in [5.41, 5.74) is 4.88. The molecule has 0 aromatic heterocycles. The molecule has 0 aliphatic rings. The number of nitrogens with two attached hydrogens (primary N) is 1. The van der Waals surface area contributed by atoms with Crippen LogP contribution in [0.5, 0.6) is 0 Å². The molecule has 1 amide bonds. The Hall–Kier alpha value is -1.43. The molecule has 2 unspecified atom stereocenters. The van der Waals surface area contributed by atoms with Crippen molar-refractivity contribution >= 4 is 17.7 Å². The lowest BCUT2D eigenvalue weighted by Crippen LogP contribution is -2.49. The number of hydrogen-bond donors (Lipinski definition) is 3. The number of ketones is 1. The van der Waals surface area contributed by atoms with Crippen molar-refractivity contribution in [3.05, 3.63) is 0 Å². The molecule has 0 bridgehead atoms. The third-order valence-corrected chi connectivity index (χ3v) is 2.78. The van der Waals surface area contributed by atoms with E-state index in [2.05, 4.69) is 5.32 Å². The maximum atomic E-state index is 12.0. The number of amides is 1. The van der Waals surface area contributed by atoms with Crippen LogP contribution in [0.1, 0.15) is 34.1 Å². The van der Waals surface area contributed by atoms with Gasteiger partial charge in [-0.05, 0) is 12.3 Å². The van der Waals surface area contributed by atoms with Gasteiger partial charge in [0.15, 0.2) is 5.78 Å². The lowest BCUT2D eigenvalue weighted by molar-refractivity contribution is -0.143. The zero-order chi connectivity index (χ0) is 14.5. The number of carboxylic acids is 1. The first-order chi connectivity index (χ1) is 8.09. The van der Waals surface area contributed by atoms with E-state index in [0.717, 1.165) is 0 Å². The van der Waals surface area contributed by atoms with Crippen LogP contribution < -0.4 is 11.1 Å². The summed E-state index contributed by atoms with van der Waals surface area (Å²) < 4.78 is 0. The third kappa shape index (κ3) is 5.27. The lowest BCUT2D eigenvalue weighted by atomic mass is 9.78. The molecule has 0 aromatic carbocycles. The van der Waals surface area contributed by atoms with E-state index < -0.39 is 29.3 Å². The average molecular weight is 258 g/mol. The summed E-state index contributed by atoms with van der Waals surface area (Å²) >= 11 is 0. The van der Waals surface area contributed by atoms with Crippen molar-refractivity contribution in [2.24, 2.45) is 17.1 Å². The van der Waals surface area contributed by atoms with E-state index in [4.69, 9.17) is 10.8 Å². The predicted molar refractivity (Wildman–Crippen MR) is 66.9 cm³/mol. The molecule has 0 spiro atoms. The van der Waals surface area contributed by atoms with Crippen molar-refractivity contribution in [2.45, 2.75) is 40.2 Å². The molecule has 18 heavy (non-hydrogen) atoms. The van der Waals surface area contributed by atoms with Gasteiger partial charge in [-0.3, -0.25) is 14.4 Å². The Morgan fingerprint density at radius 3 is 2.06 bits per heavy atom. The van der Waals surface area contributed by atoms with Gasteiger partial charge in [0.25, 0.3) is 0 Å². The summed E-state index contributed by atoms with van der Waals surface area (Å²) in [5.74, 6) is -2.44. The molecule has 0 heterocycles. The van der Waals surface area contributed by atoms with Gasteiger partial charge in [0.05, 0.1) is 18.4 Å². The van der Waals surface area contributed by atoms with E-state index in [0.29, 0.717) is 0 Å². The summed E-state index contributed by atoms with van der Waals surface area (Å²) in [6, 6.07) is -0.754. The SMILES string of the molecule is CC(=O)C(CN)NC(=O)C(CC(=O)O)C(C)(C)C. The Labute approximate surface area is 107 Å². The van der Waals surface area contributed by atoms with Crippen molar-refractivity contribution in [3.63, 3.8) is 0 Å². The Kier molecular flexibility index (Phi) is 5.97. The van der Waals surface area contributed by atoms with Gasteiger partial charge in [-0.15, -0.1) is 0 Å². The number of nitrogens with one attached hydrogen (secondary N) is 1. The normalized spacial score (nSPS) is 14.7. The van der Waals surface area contributed by atoms with Crippen LogP contribution in [0.2, 0.25) is 0 Å². The van der Waals surface area contributed by atoms with E-state index in [1.807, 2.05) is 0 Å². The molecule has 2 atom stereocenters. The summed E-state index contributed by atoms with van der Waals surface area (Å²) in [4.78, 5) is 34.0. The molecule has 0 rings (SSSR count). The first-order valence-corrected chi connectivity index (χ1v) is 5.82. The van der Waals surface area contributed by atoms with E-state index in [9.17, 15) is 14.4 Å². The van der Waals surface area contributed by atoms with Gasteiger partial charge >= 0.3 is 5.97 Å². The van der Waals surface area contributed by atoms with Crippen LogP contribution in [0, 0.1) is 11.3 Å². The molecule has 0 aliphatic heterocycles. The maximum Gasteiger partial charge on any atom is 0.304 e. The highest BCUT2D eigenvalue weighted by Gasteiger charge is 2.34. The summed E-state index contributed by atoms with van der Waals surface area (Å²) in [6.07, 6.45) is -0.273. The fraction of sp³-hybridized carbons (Fsp3) is 0.750. The van der Waals surface area contributed by atoms with Crippen molar-refractivity contribution in [1.29, 1.82) is 0 Å². The highest BCUT2D eigenvalue weighted by Crippen LogP contribution is 2.29. The topological polar surface area (TPSA) is 109 Å². The van der Waals surface area contributed by atoms with Gasteiger partial charge in [-0.1, -0.05) is 20.8 Å². The van der Waals surface area contributed by atoms with Crippen molar-refractivity contribution in [1.82, 2.24) is 5.32 Å². The second-order valence-electron chi connectivity index (χ2n) is 5.42. The predicted octanol–water partition coefficient (Wildman–Crippen LogP) is 0.156. The maximum absolute atomic E-state index is 12.0. The fourth-order valence-corrected chi connectivity index (χ4v) is 1.57. The van der Waals surface area contributed by atoms with E-state index in [-0.39, 0.29) is 18.7 Å². The third-order valence-electron chi connectivity index (χ3n) is 2.78. The molecular formula is C12H22N2O4. The number of Topliss-reactive ketones (excluding diaryl/α,β-unsaturated/α-hetero) is 1. The van der Waals surface area contributed by atoms with E-state index in [1.165, 1.54) is 6.92 Å². The molecule has 0 saturated carbocycles. The molecule has 6 heteroatoms. The Morgan fingerprint density at radius 1 is 1.28 bits per heavy atom. The minimum Gasteiger partial charge on any atom is -0.481 e. The molecule has 0 aromatic rings. The minimum absolute atomic E-state index is 0.00497. The molecule has 0 aliphatic carbocycles. The number of carboxylic acid groups (broad SMARTS) is 1. The first-order valence-electron chi connectivity index (χ1n) is 5.82. The highest BCUT2D eigenvalue weighted by molar-refractivity contribution is 5.90. The highest BCUT2D eigenvalue weighted by atomic mass is 16.4. The van der Waals surface area contributed by atoms with Crippen LogP contribution >= 0.6 is 0 Å². The average Bonchev–Trinajstić information content (AvgIpc) is 2.19. The molecular weight excluding hydrogens is 236 g/mol. The van der Waals surface area contributed by atoms with Crippen LogP contribution in [-0.2, 0) is 14.4 Å². The second kappa shape index (κ2) is 6.49. The Morgan fingerprint density at radius 2 is 1.78 bits per heavy atom. The van der Waals surface area contributed by atoms with Crippen LogP contribution in [0.25, 0.3) is 0 Å². The smallest absolute Gasteiger partial charge is 0.304 e. The van der Waals surface area contributed by atoms with Gasteiger partial charge in [-0.2, -0.15) is 0 Å². The standard InChI is InChI=1S/C12H22N2O4/c1-7(15)9(6-13)14-11(18)8(5-10(16)17)12(2,3)4/h8-9H,5-6,13H2,1-4H3,(H,14,18)(H,16,17). The molecule has 4 N–H and O–H groups in total. The molecule has 6 nitrogen and oxygen atoms in total. The van der Waals surface area contributed by atoms with Gasteiger partial charge < -0.3 is 16.2 Å². The fourth-order valence-electron chi connectivity index (χ4n) is 1.57. The van der Waals surface area contributed by atoms with Crippen LogP contribution in [0.3, 0.4) is 0 Å². The number of hydrogen-bond acceptors (Lipinski definition) is 4. The second-order valence-corrected chi connectivity index (χ2v) is 5.42. The number of rotatable bonds is 6. The molecule has 104 valence electrons. The van der Waals surface area contributed by atoms with Crippen LogP contribution in [-0.4, -0.2) is 35.4 Å². The van der Waals surface area contributed by atoms with Crippen molar-refractivity contribution < 1.29 is 19.5 Å². The van der Waals surface area contributed by atoms with Crippen molar-refractivity contribution in [2.75, 3.05) is 6.54 Å². The molecule has 0 saturated heterocycles. The Bertz CT molecular complexity index is 333. The quantitative estimate of drug-likeness (QED) is 0.628. The number of aliphatic carboxylic acids is 1. The lowest BCUT2D eigenvalue weighted by Gasteiger charge is -2.29.